The number of hydrogen-bond donors (Lipinski definition) is 1. The van der Waals surface area contributed by atoms with Crippen LogP contribution in [-0.4, -0.2) is 138 Å². The van der Waals surface area contributed by atoms with Gasteiger partial charge in [0, 0.05) is 0 Å². The first-order valence-corrected chi connectivity index (χ1v) is 42.7. The van der Waals surface area contributed by atoms with Gasteiger partial charge < -0.3 is 50.3 Å². The summed E-state index contributed by atoms with van der Waals surface area (Å²) in [5, 5.41) is 11.9. The number of aliphatic hydroxyl groups is 1. The van der Waals surface area contributed by atoms with Gasteiger partial charge in [0.2, 0.25) is 0 Å². The van der Waals surface area contributed by atoms with E-state index in [4.69, 9.17) is 45.2 Å². The second kappa shape index (κ2) is 17.7. The predicted octanol–water partition coefficient (Wildman–Crippen LogP) is 7.62. The molecule has 11 nitrogen and oxygen atoms in total. The molecule has 2 saturated heterocycles. The molecule has 0 saturated carbocycles. The van der Waals surface area contributed by atoms with Crippen LogP contribution in [0.2, 0.25) is 137 Å². The molecule has 304 valence electrons. The largest absolute Gasteiger partial charge is 0.415 e. The van der Waals surface area contributed by atoms with E-state index in [1.165, 1.54) is 0 Å². The Morgan fingerprint density at radius 1 is 0.373 bits per heavy atom. The fourth-order valence-electron chi connectivity index (χ4n) is 5.83. The van der Waals surface area contributed by atoms with Crippen molar-refractivity contribution in [2.75, 3.05) is 13.2 Å². The Hall–Kier alpha value is 1.08. The molecule has 0 aromatic carbocycles. The Kier molecular flexibility index (Phi) is 16.7. The Balaban J connectivity index is 2.76. The highest BCUT2D eigenvalue weighted by atomic mass is 28.4. The molecule has 0 aromatic heterocycles. The van der Waals surface area contributed by atoms with Gasteiger partial charge in [-0.05, 0) is 137 Å². The molecule has 1 N–H and O–H groups in total. The quantitative estimate of drug-likeness (QED) is 0.138. The fraction of sp³-hybridized carbons (Fsp3) is 1.00. The van der Waals surface area contributed by atoms with Crippen LogP contribution in [0.25, 0.3) is 0 Å². The summed E-state index contributed by atoms with van der Waals surface area (Å²) in [7, 11) is -14.8. The lowest BCUT2D eigenvalue weighted by Crippen LogP contribution is -2.69. The number of ether oxygens (including phenoxy) is 3. The topological polar surface area (TPSA) is 113 Å². The minimum absolute atomic E-state index is 0.291. The maximum Gasteiger partial charge on any atom is 0.186 e. The third kappa shape index (κ3) is 18.3. The third-order valence-corrected chi connectivity index (χ3v) is 14.3. The maximum absolute atomic E-state index is 11.9. The van der Waals surface area contributed by atoms with Gasteiger partial charge in [0.15, 0.2) is 70.8 Å². The van der Waals surface area contributed by atoms with Crippen molar-refractivity contribution in [2.24, 2.45) is 0 Å². The van der Waals surface area contributed by atoms with Gasteiger partial charge in [-0.25, -0.2) is 0 Å². The highest BCUT2D eigenvalue weighted by molar-refractivity contribution is 6.72. The molecule has 0 spiro atoms. The van der Waals surface area contributed by atoms with Crippen molar-refractivity contribution in [3.8, 4) is 0 Å². The summed E-state index contributed by atoms with van der Waals surface area (Å²) >= 11 is 0. The lowest BCUT2D eigenvalue weighted by Gasteiger charge is -2.53. The van der Waals surface area contributed by atoms with Gasteiger partial charge in [-0.2, -0.15) is 0 Å². The van der Waals surface area contributed by atoms with Gasteiger partial charge in [-0.15, -0.1) is 0 Å². The van der Waals surface area contributed by atoms with Gasteiger partial charge >= 0.3 is 0 Å². The lowest BCUT2D eigenvalue weighted by atomic mass is 9.97. The van der Waals surface area contributed by atoms with Crippen LogP contribution in [0, 0.1) is 0 Å². The summed E-state index contributed by atoms with van der Waals surface area (Å²) < 4.78 is 68.1. The number of rotatable bonds is 18. The van der Waals surface area contributed by atoms with Gasteiger partial charge in [0.05, 0.1) is 13.2 Å². The van der Waals surface area contributed by atoms with E-state index in [9.17, 15) is 5.11 Å². The van der Waals surface area contributed by atoms with E-state index < -0.39 is 120 Å². The van der Waals surface area contributed by atoms with E-state index in [2.05, 4.69) is 137 Å². The minimum atomic E-state index is -2.23. The van der Waals surface area contributed by atoms with Crippen molar-refractivity contribution in [1.82, 2.24) is 0 Å². The Labute approximate surface area is 319 Å². The van der Waals surface area contributed by atoms with E-state index in [-0.39, 0.29) is 0 Å². The standard InChI is InChI=1S/C33H78O11Si7/c1-45(2,3)35-22-24-26(40-47(7,8)9)28(42-49(13,14)15)30(32(34)37-24)39-33-31(44-51(19,20)21)29(43-50(16,17)18)27(41-48(10,11)12)25(38-33)23-36-46(4,5)6/h24-34H,22-23H2,1-21H3/t24?,25?,26-,27-,28-,29-,30?,31?,32+,33+/m0/s1. The van der Waals surface area contributed by atoms with Crippen LogP contribution in [0.1, 0.15) is 0 Å². The smallest absolute Gasteiger partial charge is 0.186 e. The maximum atomic E-state index is 11.9. The zero-order valence-electron chi connectivity index (χ0n) is 36.2. The molecule has 51 heavy (non-hydrogen) atoms. The number of aliphatic hydroxyl groups excluding tert-OH is 1. The molecule has 2 aliphatic heterocycles. The first-order valence-electron chi connectivity index (χ1n) is 18.8. The monoisotopic (exact) mass is 846 g/mol. The SMILES string of the molecule is C[Si](C)(C)OCC1O[C@H](OC2[C@H](O)OC(CO[Si](C)(C)C)[C@H](O[Si](C)(C)C)[C@@H]2O[Si](C)(C)C)C(O[Si](C)(C)C)[C@@H](O[Si](C)(C)C)[C@H]1O[Si](C)(C)C. The van der Waals surface area contributed by atoms with Gasteiger partial charge in [0.1, 0.15) is 48.8 Å². The van der Waals surface area contributed by atoms with Crippen LogP contribution >= 0.6 is 0 Å². The average Bonchev–Trinajstić information content (AvgIpc) is 2.84. The third-order valence-electron chi connectivity index (χ3n) is 7.30. The molecular formula is C33H78O11Si7. The first-order chi connectivity index (χ1) is 22.5. The molecule has 0 bridgehead atoms. The van der Waals surface area contributed by atoms with Crippen LogP contribution in [0.5, 0.6) is 0 Å². The predicted molar refractivity (Wildman–Crippen MR) is 224 cm³/mol. The summed E-state index contributed by atoms with van der Waals surface area (Å²) in [6, 6.07) is 0. The van der Waals surface area contributed by atoms with E-state index in [0.29, 0.717) is 13.2 Å². The number of hydrogen-bond acceptors (Lipinski definition) is 11. The summed E-state index contributed by atoms with van der Waals surface area (Å²) in [5.41, 5.74) is 0. The summed E-state index contributed by atoms with van der Waals surface area (Å²) in [5.74, 6) is 0. The molecule has 2 heterocycles. The molecule has 2 aliphatic rings. The van der Waals surface area contributed by atoms with E-state index in [1.54, 1.807) is 0 Å². The normalized spacial score (nSPS) is 32.4. The molecule has 18 heteroatoms. The summed E-state index contributed by atoms with van der Waals surface area (Å²) in [6.07, 6.45) is -7.01. The van der Waals surface area contributed by atoms with E-state index >= 15 is 0 Å². The second-order valence-electron chi connectivity index (χ2n) is 21.0. The van der Waals surface area contributed by atoms with Crippen molar-refractivity contribution >= 4 is 58.2 Å². The summed E-state index contributed by atoms with van der Waals surface area (Å²) in [4.78, 5) is 0. The first kappa shape index (κ1) is 48.2. The molecule has 10 atom stereocenters. The van der Waals surface area contributed by atoms with Gasteiger partial charge in [-0.3, -0.25) is 0 Å². The zero-order valence-corrected chi connectivity index (χ0v) is 43.2. The van der Waals surface area contributed by atoms with E-state index in [1.807, 2.05) is 0 Å². The zero-order chi connectivity index (χ0) is 39.8. The second-order valence-corrected chi connectivity index (χ2v) is 52.4. The molecule has 4 unspecified atom stereocenters. The highest BCUT2D eigenvalue weighted by Crippen LogP contribution is 2.38. The van der Waals surface area contributed by atoms with Crippen LogP contribution in [0.3, 0.4) is 0 Å². The van der Waals surface area contributed by atoms with Gasteiger partial charge in [0.25, 0.3) is 0 Å². The molecular weight excluding hydrogens is 769 g/mol. The highest BCUT2D eigenvalue weighted by Gasteiger charge is 2.56. The fourth-order valence-corrected chi connectivity index (χ4v) is 12.6. The van der Waals surface area contributed by atoms with Crippen molar-refractivity contribution in [3.63, 3.8) is 0 Å². The van der Waals surface area contributed by atoms with Crippen molar-refractivity contribution in [2.45, 2.75) is 199 Å². The van der Waals surface area contributed by atoms with Crippen LogP contribution in [0.15, 0.2) is 0 Å². The van der Waals surface area contributed by atoms with Crippen LogP contribution < -0.4 is 0 Å². The Bertz CT molecular complexity index is 1070. The van der Waals surface area contributed by atoms with Crippen molar-refractivity contribution < 1.29 is 50.3 Å². The molecule has 2 rings (SSSR count). The average molecular weight is 848 g/mol. The van der Waals surface area contributed by atoms with E-state index in [0.717, 1.165) is 0 Å². The van der Waals surface area contributed by atoms with Crippen LogP contribution in [0.4, 0.5) is 0 Å². The minimum Gasteiger partial charge on any atom is -0.415 e. The lowest BCUT2D eigenvalue weighted by molar-refractivity contribution is -0.354. The van der Waals surface area contributed by atoms with Crippen molar-refractivity contribution in [1.29, 1.82) is 0 Å². The molecule has 2 fully saturated rings. The van der Waals surface area contributed by atoms with Crippen LogP contribution in [-0.2, 0) is 45.2 Å². The Morgan fingerprint density at radius 2 is 0.667 bits per heavy atom. The molecule has 0 aromatic rings. The Morgan fingerprint density at radius 3 is 1.00 bits per heavy atom. The van der Waals surface area contributed by atoms with Crippen molar-refractivity contribution in [3.05, 3.63) is 0 Å². The molecule has 0 amide bonds. The summed E-state index contributed by atoms with van der Waals surface area (Å²) in [6.45, 7) is 46.0. The molecule has 0 radical (unpaired) electrons. The van der Waals surface area contributed by atoms with Gasteiger partial charge in [-0.1, -0.05) is 0 Å². The molecule has 0 aliphatic carbocycles.